The minimum Gasteiger partial charge on any atom is -0.382 e. The molecule has 0 bridgehead atoms. The van der Waals surface area contributed by atoms with Gasteiger partial charge in [-0.25, -0.2) is 9.36 Å². The lowest BCUT2D eigenvalue weighted by molar-refractivity contribution is 0.0954. The van der Waals surface area contributed by atoms with Crippen molar-refractivity contribution in [2.24, 2.45) is 0 Å². The van der Waals surface area contributed by atoms with Crippen molar-refractivity contribution in [3.8, 4) is 28.7 Å². The third-order valence-corrected chi connectivity index (χ3v) is 6.01. The summed E-state index contributed by atoms with van der Waals surface area (Å²) in [6.45, 7) is 0.409. The number of hydrogen-bond acceptors (Lipinski definition) is 5. The summed E-state index contributed by atoms with van der Waals surface area (Å²) in [6, 6.07) is 30.9. The normalized spacial score (nSPS) is 10.7. The topological polar surface area (TPSA) is 115 Å². The number of hydrogen-bond donors (Lipinski definition) is 2. The van der Waals surface area contributed by atoms with Gasteiger partial charge in [0, 0.05) is 18.3 Å². The fraction of sp³-hybridized carbons (Fsp3) is 0.103. The number of benzene rings is 3. The maximum Gasteiger partial charge on any atom is 0.255 e. The molecule has 0 aliphatic carbocycles. The Hall–Kier alpha value is -5.16. The van der Waals surface area contributed by atoms with Crippen molar-refractivity contribution in [2.75, 3.05) is 12.3 Å². The molecule has 0 saturated carbocycles. The molecule has 0 unspecified atom stereocenters. The number of aromatic nitrogens is 4. The van der Waals surface area contributed by atoms with E-state index in [9.17, 15) is 10.1 Å². The predicted octanol–water partition coefficient (Wildman–Crippen LogP) is 4.54. The zero-order valence-electron chi connectivity index (χ0n) is 20.1. The first kappa shape index (κ1) is 23.6. The molecular weight excluding hydrogens is 462 g/mol. The molecule has 3 aromatic carbocycles. The van der Waals surface area contributed by atoms with Crippen LogP contribution in [-0.4, -0.2) is 32.0 Å². The van der Waals surface area contributed by atoms with Crippen molar-refractivity contribution in [2.45, 2.75) is 12.8 Å². The lowest BCUT2D eigenvalue weighted by atomic mass is 10.1. The van der Waals surface area contributed by atoms with Crippen molar-refractivity contribution in [1.82, 2.24) is 24.9 Å². The van der Waals surface area contributed by atoms with E-state index in [4.69, 9.17) is 10.8 Å². The van der Waals surface area contributed by atoms with Gasteiger partial charge in [-0.1, -0.05) is 66.7 Å². The van der Waals surface area contributed by atoms with Crippen LogP contribution in [0, 0.1) is 11.3 Å². The Kier molecular flexibility index (Phi) is 6.77. The van der Waals surface area contributed by atoms with Crippen LogP contribution in [-0.2, 0) is 6.42 Å². The van der Waals surface area contributed by atoms with Crippen molar-refractivity contribution in [3.05, 3.63) is 114 Å². The Balaban J connectivity index is 1.30. The molecule has 8 nitrogen and oxygen atoms in total. The Labute approximate surface area is 214 Å². The standard InChI is InChI=1S/C29H25N7O/c30-19-24-26(33-36(28(24)31)23-15-8-3-9-16-23)17-10-18-32-29(37)25-20-35(22-13-6-2-7-14-22)34-27(25)21-11-4-1-5-12-21/h1-9,11-16,20H,10,17-18,31H2,(H,32,37). The third-order valence-electron chi connectivity index (χ3n) is 6.01. The van der Waals surface area contributed by atoms with Crippen molar-refractivity contribution < 1.29 is 4.79 Å². The zero-order valence-corrected chi connectivity index (χ0v) is 20.1. The Morgan fingerprint density at radius 3 is 2.16 bits per heavy atom. The number of para-hydroxylation sites is 2. The molecule has 0 radical (unpaired) electrons. The van der Waals surface area contributed by atoms with Gasteiger partial charge in [-0.15, -0.1) is 0 Å². The summed E-state index contributed by atoms with van der Waals surface area (Å²) >= 11 is 0. The third kappa shape index (κ3) is 4.97. The Morgan fingerprint density at radius 2 is 1.51 bits per heavy atom. The predicted molar refractivity (Wildman–Crippen MR) is 142 cm³/mol. The summed E-state index contributed by atoms with van der Waals surface area (Å²) in [5, 5.41) is 21.9. The summed E-state index contributed by atoms with van der Waals surface area (Å²) in [5.74, 6) is 0.101. The Bertz CT molecular complexity index is 1550. The smallest absolute Gasteiger partial charge is 0.255 e. The first-order valence-electron chi connectivity index (χ1n) is 12.0. The summed E-state index contributed by atoms with van der Waals surface area (Å²) in [7, 11) is 0. The molecule has 0 fully saturated rings. The molecule has 2 aromatic heterocycles. The molecule has 5 rings (SSSR count). The minimum absolute atomic E-state index is 0.212. The second kappa shape index (κ2) is 10.6. The number of nitrogens with two attached hydrogens (primary N) is 1. The molecule has 0 aliphatic rings. The van der Waals surface area contributed by atoms with Crippen LogP contribution in [0.25, 0.3) is 22.6 Å². The molecule has 5 aromatic rings. The van der Waals surface area contributed by atoms with Crippen LogP contribution in [0.4, 0.5) is 5.82 Å². The summed E-state index contributed by atoms with van der Waals surface area (Å²) < 4.78 is 3.30. The number of carbonyl (C=O) groups is 1. The number of carbonyl (C=O) groups excluding carboxylic acids is 1. The van der Waals surface area contributed by atoms with Crippen molar-refractivity contribution in [3.63, 3.8) is 0 Å². The highest BCUT2D eigenvalue weighted by Gasteiger charge is 2.19. The van der Waals surface area contributed by atoms with Gasteiger partial charge in [0.15, 0.2) is 0 Å². The van der Waals surface area contributed by atoms with E-state index in [-0.39, 0.29) is 5.91 Å². The number of rotatable bonds is 8. The van der Waals surface area contributed by atoms with Crippen LogP contribution >= 0.6 is 0 Å². The largest absolute Gasteiger partial charge is 0.382 e. The quantitative estimate of drug-likeness (QED) is 0.312. The van der Waals surface area contributed by atoms with Gasteiger partial charge in [-0.2, -0.15) is 15.5 Å². The minimum atomic E-state index is -0.212. The van der Waals surface area contributed by atoms with Crippen LogP contribution in [0.2, 0.25) is 0 Å². The van der Waals surface area contributed by atoms with Crippen LogP contribution in [0.1, 0.15) is 28.0 Å². The number of aryl methyl sites for hydroxylation is 1. The second-order valence-electron chi connectivity index (χ2n) is 8.46. The van der Waals surface area contributed by atoms with Crippen molar-refractivity contribution >= 4 is 11.7 Å². The van der Waals surface area contributed by atoms with Crippen LogP contribution in [0.5, 0.6) is 0 Å². The summed E-state index contributed by atoms with van der Waals surface area (Å²) in [5.41, 5.74) is 10.8. The molecule has 0 saturated heterocycles. The highest BCUT2D eigenvalue weighted by atomic mass is 16.1. The number of nitrogens with zero attached hydrogens (tertiary/aromatic N) is 5. The van der Waals surface area contributed by atoms with E-state index in [1.165, 1.54) is 0 Å². The number of nitrogen functional groups attached to an aromatic ring is 1. The fourth-order valence-corrected chi connectivity index (χ4v) is 4.16. The van der Waals surface area contributed by atoms with Crippen LogP contribution in [0.3, 0.4) is 0 Å². The molecular formula is C29H25N7O. The van der Waals surface area contributed by atoms with E-state index in [0.29, 0.717) is 47.7 Å². The van der Waals surface area contributed by atoms with Crippen LogP contribution in [0.15, 0.2) is 97.2 Å². The molecule has 8 heteroatoms. The maximum absolute atomic E-state index is 13.2. The van der Waals surface area contributed by atoms with Gasteiger partial charge in [-0.3, -0.25) is 4.79 Å². The fourth-order valence-electron chi connectivity index (χ4n) is 4.16. The summed E-state index contributed by atoms with van der Waals surface area (Å²) in [4.78, 5) is 13.2. The highest BCUT2D eigenvalue weighted by molar-refractivity contribution is 5.99. The molecule has 0 aliphatic heterocycles. The molecule has 1 amide bonds. The van der Waals surface area contributed by atoms with Gasteiger partial charge < -0.3 is 11.1 Å². The van der Waals surface area contributed by atoms with Gasteiger partial charge in [0.05, 0.1) is 22.6 Å². The zero-order chi connectivity index (χ0) is 25.6. The van der Waals surface area contributed by atoms with E-state index < -0.39 is 0 Å². The van der Waals surface area contributed by atoms with Gasteiger partial charge in [-0.05, 0) is 37.1 Å². The van der Waals surface area contributed by atoms with E-state index in [1.807, 2.05) is 91.0 Å². The molecule has 0 atom stereocenters. The lowest BCUT2D eigenvalue weighted by Gasteiger charge is -2.05. The first-order valence-corrected chi connectivity index (χ1v) is 12.0. The average Bonchev–Trinajstić information content (AvgIpc) is 3.54. The van der Waals surface area contributed by atoms with E-state index in [0.717, 1.165) is 16.9 Å². The monoisotopic (exact) mass is 487 g/mol. The van der Waals surface area contributed by atoms with Crippen molar-refractivity contribution in [1.29, 1.82) is 5.26 Å². The van der Waals surface area contributed by atoms with Gasteiger partial charge in [0.25, 0.3) is 5.91 Å². The molecule has 3 N–H and O–H groups in total. The molecule has 0 spiro atoms. The van der Waals surface area contributed by atoms with Gasteiger partial charge >= 0.3 is 0 Å². The lowest BCUT2D eigenvalue weighted by Crippen LogP contribution is -2.25. The number of anilines is 1. The molecule has 182 valence electrons. The van der Waals surface area contributed by atoms with E-state index >= 15 is 0 Å². The highest BCUT2D eigenvalue weighted by Crippen LogP contribution is 2.24. The SMILES string of the molecule is N#Cc1c(CCCNC(=O)c2cn(-c3ccccc3)nc2-c2ccccc2)nn(-c2ccccc2)c1N. The van der Waals surface area contributed by atoms with E-state index in [2.05, 4.69) is 16.5 Å². The van der Waals surface area contributed by atoms with Gasteiger partial charge in [0.2, 0.25) is 0 Å². The van der Waals surface area contributed by atoms with Crippen LogP contribution < -0.4 is 11.1 Å². The van der Waals surface area contributed by atoms with E-state index in [1.54, 1.807) is 15.6 Å². The summed E-state index contributed by atoms with van der Waals surface area (Å²) in [6.07, 6.45) is 2.85. The first-order chi connectivity index (χ1) is 18.2. The number of nitrogens with one attached hydrogen (secondary N) is 1. The second-order valence-corrected chi connectivity index (χ2v) is 8.46. The number of amides is 1. The molecule has 2 heterocycles. The number of nitriles is 1. The Morgan fingerprint density at radius 1 is 0.892 bits per heavy atom. The maximum atomic E-state index is 13.2. The molecule has 37 heavy (non-hydrogen) atoms. The average molecular weight is 488 g/mol. The van der Waals surface area contributed by atoms with Gasteiger partial charge in [0.1, 0.15) is 23.1 Å².